The van der Waals surface area contributed by atoms with Crippen molar-refractivity contribution in [2.24, 2.45) is 0 Å². The highest BCUT2D eigenvalue weighted by Crippen LogP contribution is 2.25. The molecule has 0 atom stereocenters. The molecule has 1 fully saturated rings. The van der Waals surface area contributed by atoms with Crippen LogP contribution < -0.4 is 5.32 Å². The van der Waals surface area contributed by atoms with Crippen molar-refractivity contribution in [2.45, 2.75) is 38.5 Å². The van der Waals surface area contributed by atoms with Gasteiger partial charge >= 0.3 is 0 Å². The van der Waals surface area contributed by atoms with E-state index in [4.69, 9.17) is 0 Å². The Labute approximate surface area is 155 Å². The highest BCUT2D eigenvalue weighted by Gasteiger charge is 2.29. The van der Waals surface area contributed by atoms with Crippen LogP contribution in [0.2, 0.25) is 0 Å². The van der Waals surface area contributed by atoms with E-state index in [1.165, 1.54) is 10.4 Å². The number of hydrogen-bond acceptors (Lipinski definition) is 3. The summed E-state index contributed by atoms with van der Waals surface area (Å²) in [7, 11) is -3.56. The van der Waals surface area contributed by atoms with Crippen molar-refractivity contribution in [3.63, 3.8) is 0 Å². The van der Waals surface area contributed by atoms with Crippen LogP contribution in [0.5, 0.6) is 0 Å². The number of carbonyl (C=O) groups is 1. The Morgan fingerprint density at radius 3 is 2.23 bits per heavy atom. The predicted molar refractivity (Wildman–Crippen MR) is 103 cm³/mol. The Bertz CT molecular complexity index is 946. The first-order valence-electron chi connectivity index (χ1n) is 8.78. The number of nitrogens with zero attached hydrogens (tertiary/aromatic N) is 1. The monoisotopic (exact) mass is 372 g/mol. The van der Waals surface area contributed by atoms with Crippen LogP contribution in [-0.4, -0.2) is 31.7 Å². The zero-order valence-corrected chi connectivity index (χ0v) is 16.2. The normalized spacial score (nSPS) is 15.2. The van der Waals surface area contributed by atoms with E-state index < -0.39 is 10.0 Å². The lowest BCUT2D eigenvalue weighted by molar-refractivity contribution is 0.102. The molecule has 0 aliphatic carbocycles. The van der Waals surface area contributed by atoms with Crippen molar-refractivity contribution in [1.82, 2.24) is 4.31 Å². The van der Waals surface area contributed by atoms with Gasteiger partial charge in [-0.2, -0.15) is 4.31 Å². The van der Waals surface area contributed by atoms with Gasteiger partial charge in [-0.1, -0.05) is 12.1 Å². The molecule has 1 heterocycles. The van der Waals surface area contributed by atoms with Crippen LogP contribution in [0.4, 0.5) is 5.69 Å². The Morgan fingerprint density at radius 2 is 1.58 bits per heavy atom. The van der Waals surface area contributed by atoms with Gasteiger partial charge < -0.3 is 5.32 Å². The van der Waals surface area contributed by atoms with E-state index in [2.05, 4.69) is 5.32 Å². The van der Waals surface area contributed by atoms with Gasteiger partial charge in [0.2, 0.25) is 10.0 Å². The number of hydrogen-bond donors (Lipinski definition) is 1. The zero-order valence-electron chi connectivity index (χ0n) is 15.4. The van der Waals surface area contributed by atoms with Crippen molar-refractivity contribution < 1.29 is 13.2 Å². The Hall–Kier alpha value is -2.18. The van der Waals surface area contributed by atoms with Gasteiger partial charge in [-0.15, -0.1) is 0 Å². The summed E-state index contributed by atoms with van der Waals surface area (Å²) < 4.78 is 27.2. The van der Waals surface area contributed by atoms with Crippen LogP contribution in [0.15, 0.2) is 41.3 Å². The van der Waals surface area contributed by atoms with E-state index in [-0.39, 0.29) is 10.8 Å². The number of nitrogens with one attached hydrogen (secondary N) is 1. The molecule has 1 aliphatic rings. The van der Waals surface area contributed by atoms with Gasteiger partial charge in [0.15, 0.2) is 0 Å². The molecule has 26 heavy (non-hydrogen) atoms. The number of aryl methyl sites for hydroxylation is 3. The second-order valence-corrected chi connectivity index (χ2v) is 8.75. The molecule has 1 amide bonds. The third-order valence-electron chi connectivity index (χ3n) is 4.90. The first kappa shape index (κ1) is 18.6. The quantitative estimate of drug-likeness (QED) is 0.891. The molecule has 0 saturated carbocycles. The molecule has 138 valence electrons. The van der Waals surface area contributed by atoms with Crippen LogP contribution in [0.3, 0.4) is 0 Å². The van der Waals surface area contributed by atoms with Gasteiger partial charge in [0.25, 0.3) is 5.91 Å². The molecule has 5 nitrogen and oxygen atoms in total. The molecule has 3 rings (SSSR count). The second kappa shape index (κ2) is 7.21. The highest BCUT2D eigenvalue weighted by atomic mass is 32.2. The third kappa shape index (κ3) is 3.66. The second-order valence-electron chi connectivity index (χ2n) is 6.84. The van der Waals surface area contributed by atoms with Gasteiger partial charge in [-0.25, -0.2) is 8.42 Å². The fourth-order valence-electron chi connectivity index (χ4n) is 3.11. The maximum Gasteiger partial charge on any atom is 0.255 e. The van der Waals surface area contributed by atoms with Crippen molar-refractivity contribution in [2.75, 3.05) is 18.4 Å². The van der Waals surface area contributed by atoms with Crippen molar-refractivity contribution in [3.8, 4) is 0 Å². The molecule has 1 saturated heterocycles. The van der Waals surface area contributed by atoms with Crippen LogP contribution in [0.25, 0.3) is 0 Å². The molecule has 1 aliphatic heterocycles. The topological polar surface area (TPSA) is 66.5 Å². The zero-order chi connectivity index (χ0) is 18.9. The van der Waals surface area contributed by atoms with E-state index in [1.807, 2.05) is 32.0 Å². The van der Waals surface area contributed by atoms with E-state index >= 15 is 0 Å². The molecule has 0 aromatic heterocycles. The molecular weight excluding hydrogens is 348 g/mol. The standard InChI is InChI=1S/C20H24N2O3S/c1-14-7-9-18(12-16(14)3)21-20(23)17-8-6-15(2)19(13-17)26(24,25)22-10-4-5-11-22/h6-9,12-13H,4-5,10-11H2,1-3H3,(H,21,23). The fourth-order valence-corrected chi connectivity index (χ4v) is 4.88. The van der Waals surface area contributed by atoms with Crippen LogP contribution in [0, 0.1) is 20.8 Å². The summed E-state index contributed by atoms with van der Waals surface area (Å²) in [5, 5.41) is 2.85. The SMILES string of the molecule is Cc1ccc(NC(=O)c2ccc(C)c(S(=O)(=O)N3CCCC3)c2)cc1C. The summed E-state index contributed by atoms with van der Waals surface area (Å²) in [5.74, 6) is -0.314. The molecule has 0 spiro atoms. The number of amides is 1. The molecule has 0 unspecified atom stereocenters. The highest BCUT2D eigenvalue weighted by molar-refractivity contribution is 7.89. The van der Waals surface area contributed by atoms with E-state index in [0.29, 0.717) is 29.9 Å². The first-order valence-corrected chi connectivity index (χ1v) is 10.2. The van der Waals surface area contributed by atoms with Gasteiger partial charge in [-0.05, 0) is 74.6 Å². The third-order valence-corrected chi connectivity index (χ3v) is 6.94. The number of anilines is 1. The molecule has 2 aromatic rings. The van der Waals surface area contributed by atoms with Crippen LogP contribution >= 0.6 is 0 Å². The summed E-state index contributed by atoms with van der Waals surface area (Å²) in [4.78, 5) is 12.8. The Morgan fingerprint density at radius 1 is 0.923 bits per heavy atom. The Kier molecular flexibility index (Phi) is 5.16. The van der Waals surface area contributed by atoms with Crippen molar-refractivity contribution in [3.05, 3.63) is 58.7 Å². The molecule has 1 N–H and O–H groups in total. The number of rotatable bonds is 4. The maximum absolute atomic E-state index is 12.9. The van der Waals surface area contributed by atoms with Crippen LogP contribution in [0.1, 0.15) is 39.9 Å². The van der Waals surface area contributed by atoms with Gasteiger partial charge in [0.1, 0.15) is 0 Å². The van der Waals surface area contributed by atoms with Crippen molar-refractivity contribution in [1.29, 1.82) is 0 Å². The summed E-state index contributed by atoms with van der Waals surface area (Å²) in [5.41, 5.74) is 3.93. The lowest BCUT2D eigenvalue weighted by Crippen LogP contribution is -2.28. The summed E-state index contributed by atoms with van der Waals surface area (Å²) in [6.45, 7) is 6.84. The minimum atomic E-state index is -3.56. The largest absolute Gasteiger partial charge is 0.322 e. The van der Waals surface area contributed by atoms with E-state index in [1.54, 1.807) is 19.1 Å². The van der Waals surface area contributed by atoms with Crippen molar-refractivity contribution >= 4 is 21.6 Å². The van der Waals surface area contributed by atoms with E-state index in [0.717, 1.165) is 24.0 Å². The Balaban J connectivity index is 1.89. The predicted octanol–water partition coefficient (Wildman–Crippen LogP) is 3.65. The summed E-state index contributed by atoms with van der Waals surface area (Å²) in [6, 6.07) is 10.5. The average Bonchev–Trinajstić information content (AvgIpc) is 3.14. The lowest BCUT2D eigenvalue weighted by atomic mass is 10.1. The average molecular weight is 372 g/mol. The number of benzene rings is 2. The number of carbonyl (C=O) groups excluding carboxylic acids is 1. The smallest absolute Gasteiger partial charge is 0.255 e. The molecular formula is C20H24N2O3S. The first-order chi connectivity index (χ1) is 12.3. The fraction of sp³-hybridized carbons (Fsp3) is 0.350. The lowest BCUT2D eigenvalue weighted by Gasteiger charge is -2.18. The molecule has 6 heteroatoms. The van der Waals surface area contributed by atoms with E-state index in [9.17, 15) is 13.2 Å². The molecule has 0 radical (unpaired) electrons. The summed E-state index contributed by atoms with van der Waals surface area (Å²) in [6.07, 6.45) is 1.76. The molecule has 2 aromatic carbocycles. The molecule has 0 bridgehead atoms. The minimum Gasteiger partial charge on any atom is -0.322 e. The van der Waals surface area contributed by atoms with Gasteiger partial charge in [0, 0.05) is 24.3 Å². The maximum atomic E-state index is 12.9. The number of sulfonamides is 1. The van der Waals surface area contributed by atoms with Gasteiger partial charge in [-0.3, -0.25) is 4.79 Å². The summed E-state index contributed by atoms with van der Waals surface area (Å²) >= 11 is 0. The minimum absolute atomic E-state index is 0.215. The van der Waals surface area contributed by atoms with Crippen LogP contribution in [-0.2, 0) is 10.0 Å². The van der Waals surface area contributed by atoms with Gasteiger partial charge in [0.05, 0.1) is 4.90 Å².